The van der Waals surface area contributed by atoms with E-state index in [0.717, 1.165) is 5.56 Å². The molecule has 0 fully saturated rings. The molecule has 0 aliphatic carbocycles. The van der Waals surface area contributed by atoms with Gasteiger partial charge in [0, 0.05) is 11.9 Å². The van der Waals surface area contributed by atoms with Crippen molar-refractivity contribution in [3.63, 3.8) is 0 Å². The van der Waals surface area contributed by atoms with Gasteiger partial charge in [0.05, 0.1) is 24.6 Å². The van der Waals surface area contributed by atoms with Crippen LogP contribution in [0.4, 0.5) is 5.69 Å². The summed E-state index contributed by atoms with van der Waals surface area (Å²) in [6.07, 6.45) is 1.36. The van der Waals surface area contributed by atoms with E-state index in [1.54, 1.807) is 29.7 Å². The molecule has 0 spiro atoms. The van der Waals surface area contributed by atoms with Gasteiger partial charge >= 0.3 is 5.97 Å². The molecular formula is C22H22N2O5. The van der Waals surface area contributed by atoms with Gasteiger partial charge in [-0.25, -0.2) is 4.79 Å². The van der Waals surface area contributed by atoms with Crippen LogP contribution in [-0.4, -0.2) is 30.2 Å². The number of carbonyl (C=O) groups is 2. The van der Waals surface area contributed by atoms with Gasteiger partial charge in [0.25, 0.3) is 0 Å². The highest BCUT2D eigenvalue weighted by Gasteiger charge is 2.18. The molecule has 2 aromatic carbocycles. The molecule has 0 saturated carbocycles. The predicted octanol–water partition coefficient (Wildman–Crippen LogP) is 3.13. The molecule has 1 N–H and O–H groups in total. The van der Waals surface area contributed by atoms with Gasteiger partial charge in [-0.1, -0.05) is 17.7 Å². The third-order valence-electron chi connectivity index (χ3n) is 4.43. The summed E-state index contributed by atoms with van der Waals surface area (Å²) < 4.78 is 11.7. The van der Waals surface area contributed by atoms with Crippen molar-refractivity contribution >= 4 is 28.5 Å². The maximum absolute atomic E-state index is 12.8. The number of anilines is 1. The number of pyridine rings is 1. The first-order valence-electron chi connectivity index (χ1n) is 9.17. The Morgan fingerprint density at radius 1 is 1.10 bits per heavy atom. The first-order valence-corrected chi connectivity index (χ1v) is 9.17. The van der Waals surface area contributed by atoms with Gasteiger partial charge in [-0.2, -0.15) is 0 Å². The Morgan fingerprint density at radius 2 is 1.83 bits per heavy atom. The monoisotopic (exact) mass is 394 g/mol. The molecular weight excluding hydrogens is 372 g/mol. The van der Waals surface area contributed by atoms with Crippen molar-refractivity contribution in [3.8, 4) is 5.75 Å². The Kier molecular flexibility index (Phi) is 5.97. The summed E-state index contributed by atoms with van der Waals surface area (Å²) in [7, 11) is 1.49. The van der Waals surface area contributed by atoms with Crippen LogP contribution in [0.15, 0.2) is 53.5 Å². The van der Waals surface area contributed by atoms with E-state index in [0.29, 0.717) is 17.0 Å². The van der Waals surface area contributed by atoms with Crippen molar-refractivity contribution in [1.29, 1.82) is 0 Å². The number of hydrogen-bond acceptors (Lipinski definition) is 5. The lowest BCUT2D eigenvalue weighted by molar-refractivity contribution is -0.116. The lowest BCUT2D eigenvalue weighted by Crippen LogP contribution is -2.24. The zero-order valence-electron chi connectivity index (χ0n) is 16.5. The molecule has 150 valence electrons. The molecule has 0 unspecified atom stereocenters. The molecule has 0 aliphatic heterocycles. The molecule has 3 rings (SSSR count). The van der Waals surface area contributed by atoms with Crippen molar-refractivity contribution in [2.24, 2.45) is 0 Å². The van der Waals surface area contributed by atoms with E-state index in [-0.39, 0.29) is 30.0 Å². The van der Waals surface area contributed by atoms with E-state index >= 15 is 0 Å². The van der Waals surface area contributed by atoms with Crippen LogP contribution < -0.4 is 15.5 Å². The average molecular weight is 394 g/mol. The van der Waals surface area contributed by atoms with Crippen LogP contribution >= 0.6 is 0 Å². The van der Waals surface area contributed by atoms with Crippen LogP contribution in [0.5, 0.6) is 5.75 Å². The summed E-state index contributed by atoms with van der Waals surface area (Å²) in [5.74, 6) is -0.536. The molecule has 0 radical (unpaired) electrons. The minimum atomic E-state index is -0.727. The lowest BCUT2D eigenvalue weighted by atomic mass is 10.1. The zero-order chi connectivity index (χ0) is 21.0. The molecule has 29 heavy (non-hydrogen) atoms. The maximum atomic E-state index is 12.8. The minimum absolute atomic E-state index is 0.0800. The van der Waals surface area contributed by atoms with Gasteiger partial charge in [0.2, 0.25) is 11.3 Å². The summed E-state index contributed by atoms with van der Waals surface area (Å²) >= 11 is 0. The van der Waals surface area contributed by atoms with Crippen LogP contribution in [0.1, 0.15) is 22.8 Å². The maximum Gasteiger partial charge on any atom is 0.343 e. The molecule has 1 heterocycles. The van der Waals surface area contributed by atoms with Crippen molar-refractivity contribution in [3.05, 3.63) is 70.0 Å². The number of aryl methyl sites for hydroxylation is 1. The minimum Gasteiger partial charge on any atom is -0.497 e. The number of esters is 1. The number of amides is 1. The normalized spacial score (nSPS) is 10.6. The van der Waals surface area contributed by atoms with Gasteiger partial charge in [-0.05, 0) is 44.2 Å². The number of nitrogens with one attached hydrogen (secondary N) is 1. The quantitative estimate of drug-likeness (QED) is 0.649. The van der Waals surface area contributed by atoms with Gasteiger partial charge in [-0.15, -0.1) is 0 Å². The molecule has 7 heteroatoms. The highest BCUT2D eigenvalue weighted by molar-refractivity contribution is 5.96. The second-order valence-electron chi connectivity index (χ2n) is 6.52. The molecule has 0 aliphatic rings. The van der Waals surface area contributed by atoms with Crippen LogP contribution in [0.2, 0.25) is 0 Å². The molecule has 7 nitrogen and oxygen atoms in total. The Bertz CT molecular complexity index is 1120. The lowest BCUT2D eigenvalue weighted by Gasteiger charge is -2.14. The van der Waals surface area contributed by atoms with Crippen molar-refractivity contribution < 1.29 is 19.1 Å². The molecule has 3 aromatic rings. The number of aromatic nitrogens is 1. The number of rotatable bonds is 6. The molecule has 1 aromatic heterocycles. The number of benzene rings is 2. The summed E-state index contributed by atoms with van der Waals surface area (Å²) in [6, 6.07) is 12.3. The molecule has 0 atom stereocenters. The highest BCUT2D eigenvalue weighted by atomic mass is 16.5. The third kappa shape index (κ3) is 4.45. The Balaban J connectivity index is 2.01. The number of methoxy groups -OCH3 is 1. The van der Waals surface area contributed by atoms with Crippen LogP contribution in [0.3, 0.4) is 0 Å². The largest absolute Gasteiger partial charge is 0.497 e. The Labute approximate surface area is 167 Å². The van der Waals surface area contributed by atoms with Gasteiger partial charge in [-0.3, -0.25) is 9.59 Å². The standard InChI is InChI=1S/C22H22N2O5/c1-4-29-22(27)18-12-24(13-20(25)23-15-7-5-14(2)6-8-15)19-10-9-16(28-3)11-17(19)21(18)26/h5-12H,4,13H2,1-3H3,(H,23,25). The fourth-order valence-electron chi connectivity index (χ4n) is 2.98. The second kappa shape index (κ2) is 8.60. The first kappa shape index (κ1) is 20.1. The fraction of sp³-hybridized carbons (Fsp3) is 0.227. The number of nitrogens with zero attached hydrogens (tertiary/aromatic N) is 1. The Hall–Kier alpha value is -3.61. The summed E-state index contributed by atoms with van der Waals surface area (Å²) in [5.41, 5.74) is 1.67. The second-order valence-corrected chi connectivity index (χ2v) is 6.52. The van der Waals surface area contributed by atoms with E-state index < -0.39 is 11.4 Å². The van der Waals surface area contributed by atoms with Crippen molar-refractivity contribution in [1.82, 2.24) is 4.57 Å². The van der Waals surface area contributed by atoms with Crippen molar-refractivity contribution in [2.75, 3.05) is 19.0 Å². The molecule has 0 saturated heterocycles. The van der Waals surface area contributed by atoms with Crippen LogP contribution in [0, 0.1) is 6.92 Å². The predicted molar refractivity (Wildman–Crippen MR) is 111 cm³/mol. The van der Waals surface area contributed by atoms with Crippen molar-refractivity contribution in [2.45, 2.75) is 20.4 Å². The zero-order valence-corrected chi connectivity index (χ0v) is 16.5. The smallest absolute Gasteiger partial charge is 0.343 e. The van der Waals surface area contributed by atoms with E-state index in [1.807, 2.05) is 31.2 Å². The number of carbonyl (C=O) groups excluding carboxylic acids is 2. The molecule has 0 bridgehead atoms. The SMILES string of the molecule is CCOC(=O)c1cn(CC(=O)Nc2ccc(C)cc2)c2ccc(OC)cc2c1=O. The Morgan fingerprint density at radius 3 is 2.48 bits per heavy atom. The number of hydrogen-bond donors (Lipinski definition) is 1. The van der Waals surface area contributed by atoms with Crippen LogP contribution in [0.25, 0.3) is 10.9 Å². The first-order chi connectivity index (χ1) is 13.9. The number of ether oxygens (including phenoxy) is 2. The van der Waals surface area contributed by atoms with E-state index in [2.05, 4.69) is 5.32 Å². The van der Waals surface area contributed by atoms with E-state index in [9.17, 15) is 14.4 Å². The summed E-state index contributed by atoms with van der Waals surface area (Å²) in [6.45, 7) is 3.69. The number of fused-ring (bicyclic) bond motifs is 1. The van der Waals surface area contributed by atoms with E-state index in [1.165, 1.54) is 13.3 Å². The van der Waals surface area contributed by atoms with Gasteiger partial charge in [0.15, 0.2) is 0 Å². The topological polar surface area (TPSA) is 86.6 Å². The summed E-state index contributed by atoms with van der Waals surface area (Å²) in [4.78, 5) is 37.6. The summed E-state index contributed by atoms with van der Waals surface area (Å²) in [5, 5.41) is 3.09. The fourth-order valence-corrected chi connectivity index (χ4v) is 2.98. The average Bonchev–Trinajstić information content (AvgIpc) is 2.71. The third-order valence-corrected chi connectivity index (χ3v) is 4.43. The van der Waals surface area contributed by atoms with Gasteiger partial charge in [0.1, 0.15) is 17.9 Å². The van der Waals surface area contributed by atoms with E-state index in [4.69, 9.17) is 9.47 Å². The highest BCUT2D eigenvalue weighted by Crippen LogP contribution is 2.20. The van der Waals surface area contributed by atoms with Gasteiger partial charge < -0.3 is 19.4 Å². The van der Waals surface area contributed by atoms with Crippen LogP contribution in [-0.2, 0) is 16.1 Å². The molecule has 1 amide bonds.